The quantitative estimate of drug-likeness (QED) is 0.879. The lowest BCUT2D eigenvalue weighted by Gasteiger charge is -2.07. The van der Waals surface area contributed by atoms with E-state index >= 15 is 0 Å². The summed E-state index contributed by atoms with van der Waals surface area (Å²) in [5, 5.41) is 3.18. The van der Waals surface area contributed by atoms with E-state index in [-0.39, 0.29) is 0 Å². The predicted octanol–water partition coefficient (Wildman–Crippen LogP) is 3.15. The minimum absolute atomic E-state index is 0.924. The number of benzene rings is 1. The van der Waals surface area contributed by atoms with Crippen LogP contribution < -0.4 is 5.32 Å². The monoisotopic (exact) mass is 232 g/mol. The van der Waals surface area contributed by atoms with Gasteiger partial charge in [-0.2, -0.15) is 0 Å². The molecule has 84 valence electrons. The highest BCUT2D eigenvalue weighted by Crippen LogP contribution is 2.28. The largest absolute Gasteiger partial charge is 0.316 e. The summed E-state index contributed by atoms with van der Waals surface area (Å²) in [6.45, 7) is 5.14. The fraction of sp³-hybridized carbons (Fsp3) is 0.308. The Labute approximate surface area is 100 Å². The molecule has 3 heteroatoms. The minimum Gasteiger partial charge on any atom is -0.316 e. The Bertz CT molecular complexity index is 488. The first kappa shape index (κ1) is 11.3. The van der Waals surface area contributed by atoms with Crippen molar-refractivity contribution in [3.63, 3.8) is 0 Å². The van der Waals surface area contributed by atoms with Crippen LogP contribution in [0.4, 0.5) is 0 Å². The van der Waals surface area contributed by atoms with Gasteiger partial charge in [-0.1, -0.05) is 18.2 Å². The molecule has 16 heavy (non-hydrogen) atoms. The molecule has 0 unspecified atom stereocenters. The Balaban J connectivity index is 2.38. The first-order valence-electron chi connectivity index (χ1n) is 5.37. The van der Waals surface area contributed by atoms with Crippen LogP contribution in [-0.4, -0.2) is 12.0 Å². The highest BCUT2D eigenvalue weighted by atomic mass is 32.1. The fourth-order valence-electron chi connectivity index (χ4n) is 1.80. The summed E-state index contributed by atoms with van der Waals surface area (Å²) < 4.78 is 0. The second kappa shape index (κ2) is 4.76. The molecule has 0 aliphatic rings. The van der Waals surface area contributed by atoms with Crippen molar-refractivity contribution in [2.45, 2.75) is 20.4 Å². The van der Waals surface area contributed by atoms with Crippen molar-refractivity contribution in [2.75, 3.05) is 7.05 Å². The van der Waals surface area contributed by atoms with Crippen LogP contribution in [0, 0.1) is 13.8 Å². The van der Waals surface area contributed by atoms with Gasteiger partial charge in [-0.05, 0) is 37.6 Å². The normalized spacial score (nSPS) is 10.7. The number of hydrogen-bond donors (Lipinski definition) is 1. The first-order valence-corrected chi connectivity index (χ1v) is 6.25. The van der Waals surface area contributed by atoms with Crippen LogP contribution in [0.3, 0.4) is 0 Å². The summed E-state index contributed by atoms with van der Waals surface area (Å²) >= 11 is 1.70. The minimum atomic E-state index is 0.924. The molecular weight excluding hydrogens is 216 g/mol. The lowest BCUT2D eigenvalue weighted by atomic mass is 10.0. The van der Waals surface area contributed by atoms with Crippen LogP contribution in [0.1, 0.15) is 16.8 Å². The molecule has 2 nitrogen and oxygen atoms in total. The summed E-state index contributed by atoms with van der Waals surface area (Å²) in [4.78, 5) is 5.56. The third-order valence-electron chi connectivity index (χ3n) is 2.72. The molecular formula is C13H16N2S. The molecule has 1 aromatic carbocycles. The molecule has 0 radical (unpaired) electrons. The van der Waals surface area contributed by atoms with Gasteiger partial charge < -0.3 is 5.32 Å². The maximum atomic E-state index is 4.29. The molecule has 0 amide bonds. The first-order chi connectivity index (χ1) is 7.72. The van der Waals surface area contributed by atoms with Crippen LogP contribution in [0.15, 0.2) is 23.7 Å². The smallest absolute Gasteiger partial charge is 0.0801 e. The molecule has 0 atom stereocenters. The summed E-state index contributed by atoms with van der Waals surface area (Å²) in [6.07, 6.45) is 0. The maximum absolute atomic E-state index is 4.29. The third-order valence-corrected chi connectivity index (χ3v) is 3.70. The van der Waals surface area contributed by atoms with Gasteiger partial charge in [-0.3, -0.25) is 0 Å². The van der Waals surface area contributed by atoms with E-state index in [1.807, 2.05) is 12.6 Å². The van der Waals surface area contributed by atoms with Crippen molar-refractivity contribution in [1.82, 2.24) is 10.3 Å². The Morgan fingerprint density at radius 1 is 1.31 bits per heavy atom. The molecule has 0 saturated carbocycles. The zero-order chi connectivity index (χ0) is 11.5. The van der Waals surface area contributed by atoms with Crippen molar-refractivity contribution in [2.24, 2.45) is 0 Å². The van der Waals surface area contributed by atoms with Gasteiger partial charge in [0.05, 0.1) is 16.1 Å². The van der Waals surface area contributed by atoms with Gasteiger partial charge in [0.15, 0.2) is 0 Å². The van der Waals surface area contributed by atoms with Crippen LogP contribution in [-0.2, 0) is 6.54 Å². The van der Waals surface area contributed by atoms with E-state index in [2.05, 4.69) is 42.3 Å². The van der Waals surface area contributed by atoms with Crippen LogP contribution in [0.2, 0.25) is 0 Å². The van der Waals surface area contributed by atoms with Gasteiger partial charge in [0.25, 0.3) is 0 Å². The zero-order valence-corrected chi connectivity index (χ0v) is 10.7. The molecule has 0 aliphatic heterocycles. The van der Waals surface area contributed by atoms with Gasteiger partial charge in [-0.25, -0.2) is 4.98 Å². The average Bonchev–Trinajstić information content (AvgIpc) is 2.68. The van der Waals surface area contributed by atoms with Gasteiger partial charge >= 0.3 is 0 Å². The Kier molecular flexibility index (Phi) is 3.36. The predicted molar refractivity (Wildman–Crippen MR) is 69.8 cm³/mol. The Hall–Kier alpha value is -1.19. The zero-order valence-electron chi connectivity index (χ0n) is 9.87. The summed E-state index contributed by atoms with van der Waals surface area (Å²) in [5.74, 6) is 0. The molecule has 1 aromatic heterocycles. The van der Waals surface area contributed by atoms with Crippen molar-refractivity contribution in [3.8, 4) is 10.4 Å². The molecule has 0 aliphatic carbocycles. The molecule has 1 heterocycles. The number of thiazole rings is 1. The van der Waals surface area contributed by atoms with Gasteiger partial charge in [0.1, 0.15) is 0 Å². The topological polar surface area (TPSA) is 24.9 Å². The molecule has 2 rings (SSSR count). The number of rotatable bonds is 3. The van der Waals surface area contributed by atoms with Crippen LogP contribution in [0.25, 0.3) is 10.4 Å². The standard InChI is InChI=1S/C13H16N2S/c1-9-6-11(4-5-12(9)7-14-3)13-10(2)15-8-16-13/h4-6,8,14H,7H2,1-3H3. The van der Waals surface area contributed by atoms with E-state index in [0.717, 1.165) is 12.2 Å². The van der Waals surface area contributed by atoms with Gasteiger partial charge in [0.2, 0.25) is 0 Å². The number of nitrogens with zero attached hydrogens (tertiary/aromatic N) is 1. The van der Waals surface area contributed by atoms with E-state index in [4.69, 9.17) is 0 Å². The second-order valence-electron chi connectivity index (χ2n) is 3.94. The Morgan fingerprint density at radius 3 is 2.69 bits per heavy atom. The van der Waals surface area contributed by atoms with Crippen molar-refractivity contribution >= 4 is 11.3 Å². The highest BCUT2D eigenvalue weighted by molar-refractivity contribution is 7.13. The van der Waals surface area contributed by atoms with Crippen molar-refractivity contribution in [3.05, 3.63) is 40.5 Å². The Morgan fingerprint density at radius 2 is 2.12 bits per heavy atom. The summed E-state index contributed by atoms with van der Waals surface area (Å²) in [7, 11) is 1.97. The molecule has 2 aromatic rings. The van der Waals surface area contributed by atoms with Crippen molar-refractivity contribution in [1.29, 1.82) is 0 Å². The van der Waals surface area contributed by atoms with Gasteiger partial charge in [-0.15, -0.1) is 11.3 Å². The molecule has 1 N–H and O–H groups in total. The van der Waals surface area contributed by atoms with Gasteiger partial charge in [0, 0.05) is 6.54 Å². The fourth-order valence-corrected chi connectivity index (χ4v) is 2.61. The van der Waals surface area contributed by atoms with E-state index in [1.54, 1.807) is 11.3 Å². The molecule has 0 bridgehead atoms. The average molecular weight is 232 g/mol. The summed E-state index contributed by atoms with van der Waals surface area (Å²) in [6, 6.07) is 6.62. The maximum Gasteiger partial charge on any atom is 0.0801 e. The SMILES string of the molecule is CNCc1ccc(-c2scnc2C)cc1C. The number of aromatic nitrogens is 1. The van der Waals surface area contributed by atoms with E-state index < -0.39 is 0 Å². The van der Waals surface area contributed by atoms with Crippen LogP contribution >= 0.6 is 11.3 Å². The highest BCUT2D eigenvalue weighted by Gasteiger charge is 2.06. The number of hydrogen-bond acceptors (Lipinski definition) is 3. The molecule has 0 saturated heterocycles. The molecule has 0 fully saturated rings. The van der Waals surface area contributed by atoms with E-state index in [1.165, 1.54) is 21.6 Å². The lowest BCUT2D eigenvalue weighted by Crippen LogP contribution is -2.06. The lowest BCUT2D eigenvalue weighted by molar-refractivity contribution is 0.812. The van der Waals surface area contributed by atoms with E-state index in [9.17, 15) is 0 Å². The second-order valence-corrected chi connectivity index (χ2v) is 4.79. The number of aryl methyl sites for hydroxylation is 2. The number of nitrogens with one attached hydrogen (secondary N) is 1. The summed E-state index contributed by atoms with van der Waals surface area (Å²) in [5.41, 5.74) is 6.98. The molecule has 0 spiro atoms. The van der Waals surface area contributed by atoms with Crippen LogP contribution in [0.5, 0.6) is 0 Å². The third kappa shape index (κ3) is 2.15. The van der Waals surface area contributed by atoms with Crippen molar-refractivity contribution < 1.29 is 0 Å². The van der Waals surface area contributed by atoms with E-state index in [0.29, 0.717) is 0 Å².